The van der Waals surface area contributed by atoms with Crippen LogP contribution in [0.5, 0.6) is 5.75 Å². The maximum absolute atomic E-state index is 6.37. The Bertz CT molecular complexity index is 800. The molecule has 0 radical (unpaired) electrons. The zero-order chi connectivity index (χ0) is 16.2. The minimum absolute atomic E-state index is 0.673. The minimum atomic E-state index is 0.673. The largest absolute Gasteiger partial charge is 0.492 e. The van der Waals surface area contributed by atoms with Crippen molar-refractivity contribution in [2.24, 2.45) is 0 Å². The molecular formula is C19H19ClN2O. The molecule has 0 N–H and O–H groups in total. The third kappa shape index (κ3) is 3.81. The fourth-order valence-electron chi connectivity index (χ4n) is 2.35. The molecule has 1 heterocycles. The predicted molar refractivity (Wildman–Crippen MR) is 96.2 cm³/mol. The lowest BCUT2D eigenvalue weighted by molar-refractivity contribution is 0.261. The second-order valence-electron chi connectivity index (χ2n) is 5.68. The highest BCUT2D eigenvalue weighted by Gasteiger charge is 2.06. The standard InChI is InChI=1S/C19H19ClN2O/c1-22(2)11-12-23-15-9-7-14(8-10-15)19-13-17(20)16-5-3-4-6-18(16)21-19/h3-10,13H,11-12H2,1-2H3. The Morgan fingerprint density at radius 3 is 2.52 bits per heavy atom. The van der Waals surface area contributed by atoms with Crippen molar-refractivity contribution >= 4 is 22.5 Å². The molecule has 0 amide bonds. The van der Waals surface area contributed by atoms with Crippen LogP contribution in [-0.4, -0.2) is 37.1 Å². The number of para-hydroxylation sites is 1. The number of likely N-dealkylation sites (N-methyl/N-ethyl adjacent to an activating group) is 1. The summed E-state index contributed by atoms with van der Waals surface area (Å²) in [5.41, 5.74) is 2.80. The smallest absolute Gasteiger partial charge is 0.119 e. The van der Waals surface area contributed by atoms with E-state index in [1.165, 1.54) is 0 Å². The van der Waals surface area contributed by atoms with Gasteiger partial charge in [0.25, 0.3) is 0 Å². The summed E-state index contributed by atoms with van der Waals surface area (Å²) in [7, 11) is 4.06. The van der Waals surface area contributed by atoms with E-state index in [-0.39, 0.29) is 0 Å². The van der Waals surface area contributed by atoms with Gasteiger partial charge in [-0.2, -0.15) is 0 Å². The second kappa shape index (κ2) is 6.99. The SMILES string of the molecule is CN(C)CCOc1ccc(-c2cc(Cl)c3ccccc3n2)cc1. The van der Waals surface area contributed by atoms with Gasteiger partial charge in [-0.25, -0.2) is 4.98 Å². The number of aromatic nitrogens is 1. The summed E-state index contributed by atoms with van der Waals surface area (Å²) in [6, 6.07) is 17.8. The first kappa shape index (κ1) is 15.8. The van der Waals surface area contributed by atoms with Crippen molar-refractivity contribution in [2.45, 2.75) is 0 Å². The molecule has 0 unspecified atom stereocenters. The zero-order valence-electron chi connectivity index (χ0n) is 13.3. The van der Waals surface area contributed by atoms with Crippen LogP contribution in [0.4, 0.5) is 0 Å². The van der Waals surface area contributed by atoms with Gasteiger partial charge in [-0.3, -0.25) is 0 Å². The Labute approximate surface area is 141 Å². The summed E-state index contributed by atoms with van der Waals surface area (Å²) < 4.78 is 5.71. The summed E-state index contributed by atoms with van der Waals surface area (Å²) in [5, 5.41) is 1.69. The molecule has 0 saturated carbocycles. The normalized spacial score (nSPS) is 11.1. The lowest BCUT2D eigenvalue weighted by Gasteiger charge is -2.11. The first-order chi connectivity index (χ1) is 11.1. The van der Waals surface area contributed by atoms with Gasteiger partial charge in [0.2, 0.25) is 0 Å². The van der Waals surface area contributed by atoms with Crippen LogP contribution < -0.4 is 4.74 Å². The Balaban J connectivity index is 1.82. The van der Waals surface area contributed by atoms with E-state index < -0.39 is 0 Å². The van der Waals surface area contributed by atoms with Gasteiger partial charge in [-0.15, -0.1) is 0 Å². The Hall–Kier alpha value is -2.10. The highest BCUT2D eigenvalue weighted by atomic mass is 35.5. The Morgan fingerprint density at radius 2 is 1.78 bits per heavy atom. The highest BCUT2D eigenvalue weighted by Crippen LogP contribution is 2.28. The molecule has 0 spiro atoms. The number of hydrogen-bond donors (Lipinski definition) is 0. The summed E-state index contributed by atoms with van der Waals surface area (Å²) in [4.78, 5) is 6.78. The Kier molecular flexibility index (Phi) is 4.79. The quantitative estimate of drug-likeness (QED) is 0.690. The summed E-state index contributed by atoms with van der Waals surface area (Å²) >= 11 is 6.37. The monoisotopic (exact) mass is 326 g/mol. The number of hydrogen-bond acceptors (Lipinski definition) is 3. The van der Waals surface area contributed by atoms with E-state index in [4.69, 9.17) is 16.3 Å². The second-order valence-corrected chi connectivity index (χ2v) is 6.09. The summed E-state index contributed by atoms with van der Waals surface area (Å²) in [6.45, 7) is 1.57. The number of ether oxygens (including phenoxy) is 1. The van der Waals surface area contributed by atoms with Gasteiger partial charge >= 0.3 is 0 Å². The van der Waals surface area contributed by atoms with E-state index in [0.29, 0.717) is 6.61 Å². The van der Waals surface area contributed by atoms with Crippen molar-refractivity contribution in [3.05, 3.63) is 59.6 Å². The first-order valence-electron chi connectivity index (χ1n) is 7.57. The molecule has 4 heteroatoms. The molecule has 0 aliphatic carbocycles. The number of nitrogens with zero attached hydrogens (tertiary/aromatic N) is 2. The summed E-state index contributed by atoms with van der Waals surface area (Å²) in [5.74, 6) is 0.863. The van der Waals surface area contributed by atoms with Crippen molar-refractivity contribution in [2.75, 3.05) is 27.2 Å². The number of rotatable bonds is 5. The van der Waals surface area contributed by atoms with Gasteiger partial charge in [0.05, 0.1) is 16.2 Å². The number of benzene rings is 2. The molecule has 3 aromatic rings. The molecule has 2 aromatic carbocycles. The Morgan fingerprint density at radius 1 is 1.04 bits per heavy atom. The molecule has 0 aliphatic heterocycles. The molecule has 0 aliphatic rings. The fraction of sp³-hybridized carbons (Fsp3) is 0.211. The van der Waals surface area contributed by atoms with Crippen LogP contribution in [0.25, 0.3) is 22.2 Å². The fourth-order valence-corrected chi connectivity index (χ4v) is 2.61. The van der Waals surface area contributed by atoms with Crippen LogP contribution in [0.1, 0.15) is 0 Å². The molecule has 1 aromatic heterocycles. The average Bonchev–Trinajstić information content (AvgIpc) is 2.55. The van der Waals surface area contributed by atoms with Gasteiger partial charge in [0, 0.05) is 17.5 Å². The lowest BCUT2D eigenvalue weighted by atomic mass is 10.1. The maximum atomic E-state index is 6.37. The van der Waals surface area contributed by atoms with Crippen molar-refractivity contribution in [1.82, 2.24) is 9.88 Å². The topological polar surface area (TPSA) is 25.4 Å². The molecule has 0 saturated heterocycles. The van der Waals surface area contributed by atoms with Crippen LogP contribution in [0.2, 0.25) is 5.02 Å². The molecular weight excluding hydrogens is 308 g/mol. The molecule has 0 bridgehead atoms. The van der Waals surface area contributed by atoms with Crippen molar-refractivity contribution in [3.8, 4) is 17.0 Å². The molecule has 3 nitrogen and oxygen atoms in total. The lowest BCUT2D eigenvalue weighted by Crippen LogP contribution is -2.19. The van der Waals surface area contributed by atoms with Gasteiger partial charge in [-0.05, 0) is 50.5 Å². The van der Waals surface area contributed by atoms with Crippen molar-refractivity contribution in [3.63, 3.8) is 0 Å². The van der Waals surface area contributed by atoms with Crippen LogP contribution in [0.3, 0.4) is 0 Å². The van der Waals surface area contributed by atoms with Crippen LogP contribution in [0, 0.1) is 0 Å². The van der Waals surface area contributed by atoms with E-state index in [9.17, 15) is 0 Å². The van der Waals surface area contributed by atoms with Crippen LogP contribution in [-0.2, 0) is 0 Å². The third-order valence-electron chi connectivity index (χ3n) is 3.62. The first-order valence-corrected chi connectivity index (χ1v) is 7.94. The van der Waals surface area contributed by atoms with E-state index in [2.05, 4.69) is 9.88 Å². The minimum Gasteiger partial charge on any atom is -0.492 e. The predicted octanol–water partition coefficient (Wildman–Crippen LogP) is 4.50. The molecule has 23 heavy (non-hydrogen) atoms. The van der Waals surface area contributed by atoms with E-state index >= 15 is 0 Å². The van der Waals surface area contributed by atoms with E-state index in [1.54, 1.807) is 0 Å². The molecule has 0 atom stereocenters. The third-order valence-corrected chi connectivity index (χ3v) is 3.94. The van der Waals surface area contributed by atoms with Crippen molar-refractivity contribution in [1.29, 1.82) is 0 Å². The highest BCUT2D eigenvalue weighted by molar-refractivity contribution is 6.35. The molecule has 118 valence electrons. The zero-order valence-corrected chi connectivity index (χ0v) is 14.0. The average molecular weight is 327 g/mol. The molecule has 0 fully saturated rings. The van der Waals surface area contributed by atoms with Crippen LogP contribution in [0.15, 0.2) is 54.6 Å². The van der Waals surface area contributed by atoms with Gasteiger partial charge in [0.1, 0.15) is 12.4 Å². The van der Waals surface area contributed by atoms with Crippen LogP contribution >= 0.6 is 11.6 Å². The van der Waals surface area contributed by atoms with E-state index in [0.717, 1.165) is 39.5 Å². The van der Waals surface area contributed by atoms with Gasteiger partial charge < -0.3 is 9.64 Å². The number of pyridine rings is 1. The van der Waals surface area contributed by atoms with E-state index in [1.807, 2.05) is 68.7 Å². The maximum Gasteiger partial charge on any atom is 0.119 e. The number of halogens is 1. The van der Waals surface area contributed by atoms with Crippen molar-refractivity contribution < 1.29 is 4.74 Å². The number of fused-ring (bicyclic) bond motifs is 1. The molecule has 3 rings (SSSR count). The van der Waals surface area contributed by atoms with Gasteiger partial charge in [-0.1, -0.05) is 29.8 Å². The van der Waals surface area contributed by atoms with Gasteiger partial charge in [0.15, 0.2) is 0 Å². The summed E-state index contributed by atoms with van der Waals surface area (Å²) in [6.07, 6.45) is 0.